The highest BCUT2D eigenvalue weighted by atomic mass is 15.0. The van der Waals surface area contributed by atoms with E-state index in [1.165, 1.54) is 0 Å². The lowest BCUT2D eigenvalue weighted by atomic mass is 10.2. The molecule has 0 aliphatic heterocycles. The van der Waals surface area contributed by atoms with Crippen LogP contribution in [0.3, 0.4) is 0 Å². The molecule has 2 aromatic rings. The van der Waals surface area contributed by atoms with Crippen molar-refractivity contribution in [2.45, 2.75) is 0 Å². The molecular formula is C8H8N4. The van der Waals surface area contributed by atoms with E-state index in [0.29, 0.717) is 11.2 Å². The van der Waals surface area contributed by atoms with Crippen molar-refractivity contribution in [2.75, 3.05) is 11.5 Å². The van der Waals surface area contributed by atoms with Crippen molar-refractivity contribution in [1.82, 2.24) is 9.97 Å². The van der Waals surface area contributed by atoms with Crippen molar-refractivity contribution in [2.24, 2.45) is 0 Å². The van der Waals surface area contributed by atoms with Crippen LogP contribution in [-0.4, -0.2) is 9.97 Å². The van der Waals surface area contributed by atoms with E-state index in [9.17, 15) is 0 Å². The van der Waals surface area contributed by atoms with Crippen LogP contribution in [0.1, 0.15) is 0 Å². The number of rotatable bonds is 0. The Balaban J connectivity index is 2.88. The first-order chi connectivity index (χ1) is 5.77. The van der Waals surface area contributed by atoms with Gasteiger partial charge >= 0.3 is 0 Å². The number of hydrogen-bond acceptors (Lipinski definition) is 4. The lowest BCUT2D eigenvalue weighted by Crippen LogP contribution is -1.96. The maximum atomic E-state index is 5.68. The van der Waals surface area contributed by atoms with Gasteiger partial charge in [0, 0.05) is 11.6 Å². The van der Waals surface area contributed by atoms with Crippen molar-refractivity contribution < 1.29 is 0 Å². The summed E-state index contributed by atoms with van der Waals surface area (Å²) in [6, 6.07) is 5.54. The maximum absolute atomic E-state index is 5.68. The van der Waals surface area contributed by atoms with Gasteiger partial charge in [0.2, 0.25) is 5.95 Å². The molecule has 1 aromatic heterocycles. The van der Waals surface area contributed by atoms with E-state index in [0.717, 1.165) is 5.39 Å². The van der Waals surface area contributed by atoms with Gasteiger partial charge in [0.05, 0.1) is 11.2 Å². The van der Waals surface area contributed by atoms with Gasteiger partial charge in [0.25, 0.3) is 0 Å². The minimum atomic E-state index is 0.250. The Morgan fingerprint density at radius 2 is 2.00 bits per heavy atom. The highest BCUT2D eigenvalue weighted by Gasteiger charge is 1.98. The monoisotopic (exact) mass is 160 g/mol. The normalized spacial score (nSPS) is 10.3. The van der Waals surface area contributed by atoms with Crippen LogP contribution in [0.4, 0.5) is 11.6 Å². The van der Waals surface area contributed by atoms with E-state index < -0.39 is 0 Å². The molecule has 0 saturated heterocycles. The first kappa shape index (κ1) is 6.84. The SMILES string of the molecule is Nc1ncc2cccc(N)c2n1. The molecule has 12 heavy (non-hydrogen) atoms. The Labute approximate surface area is 69.2 Å². The molecule has 0 aliphatic carbocycles. The molecule has 0 unspecified atom stereocenters. The number of para-hydroxylation sites is 1. The van der Waals surface area contributed by atoms with Gasteiger partial charge in [-0.05, 0) is 6.07 Å². The predicted octanol–water partition coefficient (Wildman–Crippen LogP) is 0.794. The maximum Gasteiger partial charge on any atom is 0.220 e. The van der Waals surface area contributed by atoms with Crippen LogP contribution in [0.5, 0.6) is 0 Å². The Hall–Kier alpha value is -1.84. The zero-order valence-electron chi connectivity index (χ0n) is 6.36. The Bertz CT molecular complexity index is 424. The van der Waals surface area contributed by atoms with Crippen molar-refractivity contribution in [3.05, 3.63) is 24.4 Å². The quantitative estimate of drug-likeness (QED) is 0.558. The Morgan fingerprint density at radius 3 is 2.83 bits per heavy atom. The van der Waals surface area contributed by atoms with Crippen molar-refractivity contribution in [3.8, 4) is 0 Å². The second-order valence-electron chi connectivity index (χ2n) is 2.51. The van der Waals surface area contributed by atoms with Crippen LogP contribution >= 0.6 is 0 Å². The lowest BCUT2D eigenvalue weighted by Gasteiger charge is -1.99. The summed E-state index contributed by atoms with van der Waals surface area (Å²) in [4.78, 5) is 7.88. The zero-order valence-corrected chi connectivity index (χ0v) is 6.36. The molecule has 2 rings (SSSR count). The second-order valence-corrected chi connectivity index (χ2v) is 2.51. The van der Waals surface area contributed by atoms with Crippen LogP contribution in [0.2, 0.25) is 0 Å². The first-order valence-electron chi connectivity index (χ1n) is 3.54. The van der Waals surface area contributed by atoms with Gasteiger partial charge < -0.3 is 11.5 Å². The van der Waals surface area contributed by atoms with Crippen molar-refractivity contribution in [3.63, 3.8) is 0 Å². The van der Waals surface area contributed by atoms with E-state index in [4.69, 9.17) is 11.5 Å². The Morgan fingerprint density at radius 1 is 1.17 bits per heavy atom. The number of aromatic nitrogens is 2. The van der Waals surface area contributed by atoms with Gasteiger partial charge in [-0.1, -0.05) is 12.1 Å². The number of anilines is 2. The molecule has 4 nitrogen and oxygen atoms in total. The van der Waals surface area contributed by atoms with Gasteiger partial charge in [-0.15, -0.1) is 0 Å². The molecule has 0 bridgehead atoms. The first-order valence-corrected chi connectivity index (χ1v) is 3.54. The summed E-state index contributed by atoms with van der Waals surface area (Å²) in [5, 5.41) is 0.907. The fourth-order valence-electron chi connectivity index (χ4n) is 1.09. The summed E-state index contributed by atoms with van der Waals surface area (Å²) in [5.41, 5.74) is 12.4. The van der Waals surface area contributed by atoms with E-state index in [1.54, 1.807) is 12.3 Å². The molecule has 0 saturated carbocycles. The third-order valence-corrected chi connectivity index (χ3v) is 1.66. The van der Waals surface area contributed by atoms with E-state index in [-0.39, 0.29) is 5.95 Å². The van der Waals surface area contributed by atoms with Crippen molar-refractivity contribution in [1.29, 1.82) is 0 Å². The zero-order chi connectivity index (χ0) is 8.55. The van der Waals surface area contributed by atoms with Gasteiger partial charge in [-0.25, -0.2) is 9.97 Å². The molecule has 0 radical (unpaired) electrons. The topological polar surface area (TPSA) is 77.8 Å². The molecule has 0 fully saturated rings. The molecule has 0 aliphatic rings. The molecule has 1 aromatic carbocycles. The fourth-order valence-corrected chi connectivity index (χ4v) is 1.09. The Kier molecular flexibility index (Phi) is 1.33. The standard InChI is InChI=1S/C8H8N4/c9-6-3-1-2-5-4-11-8(10)12-7(5)6/h1-4H,9H2,(H2,10,11,12). The van der Waals surface area contributed by atoms with Crippen LogP contribution in [0.25, 0.3) is 10.9 Å². The van der Waals surface area contributed by atoms with Gasteiger partial charge in [-0.2, -0.15) is 0 Å². The average Bonchev–Trinajstić information content (AvgIpc) is 2.07. The molecule has 60 valence electrons. The number of benzene rings is 1. The summed E-state index contributed by atoms with van der Waals surface area (Å²) >= 11 is 0. The lowest BCUT2D eigenvalue weighted by molar-refractivity contribution is 1.24. The second kappa shape index (κ2) is 2.34. The molecule has 4 heteroatoms. The number of hydrogen-bond donors (Lipinski definition) is 2. The summed E-state index contributed by atoms with van der Waals surface area (Å²) in [6.07, 6.45) is 1.66. The third-order valence-electron chi connectivity index (χ3n) is 1.66. The highest BCUT2D eigenvalue weighted by molar-refractivity contribution is 5.89. The molecule has 0 spiro atoms. The molecule has 4 N–H and O–H groups in total. The minimum Gasteiger partial charge on any atom is -0.397 e. The highest BCUT2D eigenvalue weighted by Crippen LogP contribution is 2.17. The average molecular weight is 160 g/mol. The van der Waals surface area contributed by atoms with E-state index in [1.807, 2.05) is 12.1 Å². The number of nitrogen functional groups attached to an aromatic ring is 2. The number of fused-ring (bicyclic) bond motifs is 1. The van der Waals surface area contributed by atoms with E-state index in [2.05, 4.69) is 9.97 Å². The summed E-state index contributed by atoms with van der Waals surface area (Å²) in [6.45, 7) is 0. The summed E-state index contributed by atoms with van der Waals surface area (Å²) in [7, 11) is 0. The smallest absolute Gasteiger partial charge is 0.220 e. The van der Waals surface area contributed by atoms with Crippen LogP contribution in [0, 0.1) is 0 Å². The summed E-state index contributed by atoms with van der Waals surface area (Å²) in [5.74, 6) is 0.250. The predicted molar refractivity (Wildman–Crippen MR) is 48.4 cm³/mol. The molecular weight excluding hydrogens is 152 g/mol. The van der Waals surface area contributed by atoms with Gasteiger partial charge in [0.15, 0.2) is 0 Å². The van der Waals surface area contributed by atoms with Crippen LogP contribution < -0.4 is 11.5 Å². The van der Waals surface area contributed by atoms with Gasteiger partial charge in [0.1, 0.15) is 0 Å². The minimum absolute atomic E-state index is 0.250. The van der Waals surface area contributed by atoms with Crippen molar-refractivity contribution >= 4 is 22.5 Å². The molecule has 0 atom stereocenters. The number of nitrogens with zero attached hydrogens (tertiary/aromatic N) is 2. The van der Waals surface area contributed by atoms with Crippen LogP contribution in [-0.2, 0) is 0 Å². The summed E-state index contributed by atoms with van der Waals surface area (Å²) < 4.78 is 0. The largest absolute Gasteiger partial charge is 0.397 e. The third kappa shape index (κ3) is 0.934. The number of nitrogens with two attached hydrogens (primary N) is 2. The molecule has 0 amide bonds. The molecule has 1 heterocycles. The van der Waals surface area contributed by atoms with Gasteiger partial charge in [-0.3, -0.25) is 0 Å². The fraction of sp³-hybridized carbons (Fsp3) is 0. The van der Waals surface area contributed by atoms with Crippen LogP contribution in [0.15, 0.2) is 24.4 Å². The van der Waals surface area contributed by atoms with E-state index >= 15 is 0 Å².